The van der Waals surface area contributed by atoms with Gasteiger partial charge in [-0.2, -0.15) is 0 Å². The Morgan fingerprint density at radius 2 is 1.78 bits per heavy atom. The molecule has 0 atom stereocenters. The Hall–Kier alpha value is -3.94. The van der Waals surface area contributed by atoms with Crippen LogP contribution in [0.2, 0.25) is 0 Å². The third-order valence-corrected chi connectivity index (χ3v) is 5.66. The van der Waals surface area contributed by atoms with Crippen molar-refractivity contribution in [2.75, 3.05) is 21.3 Å². The van der Waals surface area contributed by atoms with Crippen LogP contribution in [0.15, 0.2) is 45.7 Å². The van der Waals surface area contributed by atoms with E-state index in [9.17, 15) is 4.79 Å². The molecule has 0 aliphatic heterocycles. The summed E-state index contributed by atoms with van der Waals surface area (Å²) >= 11 is 0. The van der Waals surface area contributed by atoms with Gasteiger partial charge < -0.3 is 23.7 Å². The van der Waals surface area contributed by atoms with E-state index in [1.807, 2.05) is 23.0 Å². The van der Waals surface area contributed by atoms with E-state index < -0.39 is 0 Å². The predicted molar refractivity (Wildman–Crippen MR) is 123 cm³/mol. The fourth-order valence-corrected chi connectivity index (χ4v) is 4.22. The number of aromatic nitrogens is 3. The Bertz CT molecular complexity index is 1540. The smallest absolute Gasteiger partial charge is 0.203 e. The summed E-state index contributed by atoms with van der Waals surface area (Å²) < 4.78 is 25.0. The van der Waals surface area contributed by atoms with Crippen LogP contribution in [0.25, 0.3) is 44.2 Å². The lowest BCUT2D eigenvalue weighted by Gasteiger charge is -2.16. The summed E-state index contributed by atoms with van der Waals surface area (Å²) in [7, 11) is 4.74. The van der Waals surface area contributed by atoms with Crippen molar-refractivity contribution >= 4 is 33.1 Å². The minimum Gasteiger partial charge on any atom is -0.493 e. The van der Waals surface area contributed by atoms with Crippen molar-refractivity contribution in [1.82, 2.24) is 14.8 Å². The predicted octanol–water partition coefficient (Wildman–Crippen LogP) is 4.90. The number of H-pyrrole nitrogens is 1. The van der Waals surface area contributed by atoms with E-state index in [1.165, 1.54) is 12.1 Å². The zero-order chi connectivity index (χ0) is 22.6. The number of aromatic amines is 1. The van der Waals surface area contributed by atoms with Crippen LogP contribution in [-0.4, -0.2) is 36.1 Å². The van der Waals surface area contributed by atoms with Gasteiger partial charge in [0.15, 0.2) is 28.2 Å². The summed E-state index contributed by atoms with van der Waals surface area (Å²) in [4.78, 5) is 16.9. The molecule has 32 heavy (non-hydrogen) atoms. The van der Waals surface area contributed by atoms with Gasteiger partial charge in [0, 0.05) is 40.2 Å². The second kappa shape index (κ2) is 7.33. The lowest BCUT2D eigenvalue weighted by molar-refractivity contribution is 0.325. The quantitative estimate of drug-likeness (QED) is 0.424. The molecule has 0 amide bonds. The Kier molecular flexibility index (Phi) is 4.58. The number of furan rings is 1. The van der Waals surface area contributed by atoms with E-state index in [2.05, 4.69) is 18.9 Å². The van der Waals surface area contributed by atoms with E-state index in [0.717, 1.165) is 27.5 Å². The number of rotatable bonds is 5. The van der Waals surface area contributed by atoms with Gasteiger partial charge in [0.2, 0.25) is 5.75 Å². The summed E-state index contributed by atoms with van der Waals surface area (Å²) in [6.45, 7) is 4.16. The molecule has 2 aromatic carbocycles. The maximum Gasteiger partial charge on any atom is 0.203 e. The molecule has 0 saturated carbocycles. The summed E-state index contributed by atoms with van der Waals surface area (Å²) in [5.41, 5.74) is 3.95. The molecule has 3 heterocycles. The molecule has 0 aliphatic carbocycles. The van der Waals surface area contributed by atoms with Crippen LogP contribution in [0.5, 0.6) is 17.2 Å². The minimum absolute atomic E-state index is 0.119. The lowest BCUT2D eigenvalue weighted by Crippen LogP contribution is -2.03. The SMILES string of the molecule is COc1ccc(-c2c3c[nH]n(C(C)C)c3nc3c2oc2cc(=O)ccc23)c(OC)c1OC. The molecule has 0 unspecified atom stereocenters. The molecule has 8 heteroatoms. The Labute approximate surface area is 183 Å². The molecule has 3 aromatic heterocycles. The van der Waals surface area contributed by atoms with Gasteiger partial charge in [-0.1, -0.05) is 0 Å². The number of fused-ring (bicyclic) bond motifs is 4. The molecular formula is C24H23N3O5. The maximum atomic E-state index is 12.0. The van der Waals surface area contributed by atoms with Crippen LogP contribution < -0.4 is 19.6 Å². The van der Waals surface area contributed by atoms with Gasteiger partial charge in [0.05, 0.1) is 21.3 Å². The summed E-state index contributed by atoms with van der Waals surface area (Å²) in [6.07, 6.45) is 1.90. The molecule has 1 N–H and O–H groups in total. The summed E-state index contributed by atoms with van der Waals surface area (Å²) in [5.74, 6) is 1.56. The summed E-state index contributed by atoms with van der Waals surface area (Å²) in [6, 6.07) is 8.66. The first-order valence-corrected chi connectivity index (χ1v) is 10.2. The van der Waals surface area contributed by atoms with Crippen molar-refractivity contribution in [3.05, 3.63) is 46.8 Å². The molecule has 0 bridgehead atoms. The summed E-state index contributed by atoms with van der Waals surface area (Å²) in [5, 5.41) is 4.94. The van der Waals surface area contributed by atoms with Gasteiger partial charge in [-0.25, -0.2) is 4.98 Å². The fraction of sp³-hybridized carbons (Fsp3) is 0.250. The average molecular weight is 433 g/mol. The molecule has 164 valence electrons. The van der Waals surface area contributed by atoms with Crippen LogP contribution in [0.4, 0.5) is 0 Å². The normalized spacial score (nSPS) is 11.7. The van der Waals surface area contributed by atoms with Crippen LogP contribution >= 0.6 is 0 Å². The van der Waals surface area contributed by atoms with E-state index in [0.29, 0.717) is 33.9 Å². The monoisotopic (exact) mass is 433 g/mol. The van der Waals surface area contributed by atoms with Gasteiger partial charge in [-0.05, 0) is 38.1 Å². The van der Waals surface area contributed by atoms with Gasteiger partial charge in [0.1, 0.15) is 11.1 Å². The van der Waals surface area contributed by atoms with Crippen molar-refractivity contribution in [2.45, 2.75) is 19.9 Å². The van der Waals surface area contributed by atoms with Gasteiger partial charge in [-0.3, -0.25) is 9.48 Å². The third-order valence-electron chi connectivity index (χ3n) is 5.66. The molecule has 5 rings (SSSR count). The zero-order valence-corrected chi connectivity index (χ0v) is 18.5. The van der Waals surface area contributed by atoms with E-state index >= 15 is 0 Å². The van der Waals surface area contributed by atoms with Crippen LogP contribution in [-0.2, 0) is 0 Å². The number of methoxy groups -OCH3 is 3. The zero-order valence-electron chi connectivity index (χ0n) is 18.5. The van der Waals surface area contributed by atoms with Crippen molar-refractivity contribution in [1.29, 1.82) is 0 Å². The van der Waals surface area contributed by atoms with Crippen molar-refractivity contribution in [3.63, 3.8) is 0 Å². The van der Waals surface area contributed by atoms with Gasteiger partial charge in [-0.15, -0.1) is 0 Å². The number of hydrogen-bond acceptors (Lipinski definition) is 6. The van der Waals surface area contributed by atoms with Crippen LogP contribution in [0, 0.1) is 0 Å². The van der Waals surface area contributed by atoms with Crippen molar-refractivity contribution in [3.8, 4) is 28.4 Å². The fourth-order valence-electron chi connectivity index (χ4n) is 4.22. The standard InChI is InChI=1S/C24H23N3O5/c1-12(2)27-24-16(11-25-27)19(15-8-9-17(29-3)22(31-5)21(15)30-4)23-20(26-24)14-7-6-13(28)10-18(14)32-23/h6-12,25H,1-5H3. The first kappa shape index (κ1) is 20.0. The Morgan fingerprint density at radius 3 is 2.47 bits per heavy atom. The molecule has 0 fully saturated rings. The highest BCUT2D eigenvalue weighted by Gasteiger charge is 2.25. The molecule has 8 nitrogen and oxygen atoms in total. The number of hydrogen-bond donors (Lipinski definition) is 1. The molecular weight excluding hydrogens is 410 g/mol. The van der Waals surface area contributed by atoms with E-state index in [1.54, 1.807) is 27.4 Å². The first-order chi connectivity index (χ1) is 15.5. The third kappa shape index (κ3) is 2.76. The Morgan fingerprint density at radius 1 is 1.00 bits per heavy atom. The molecule has 0 radical (unpaired) electrons. The maximum absolute atomic E-state index is 12.0. The molecule has 0 saturated heterocycles. The average Bonchev–Trinajstić information content (AvgIpc) is 3.37. The topological polar surface area (TPSA) is 91.5 Å². The minimum atomic E-state index is -0.119. The van der Waals surface area contributed by atoms with Gasteiger partial charge >= 0.3 is 0 Å². The van der Waals surface area contributed by atoms with Crippen molar-refractivity contribution < 1.29 is 18.6 Å². The first-order valence-electron chi connectivity index (χ1n) is 10.2. The van der Waals surface area contributed by atoms with Crippen molar-refractivity contribution in [2.24, 2.45) is 0 Å². The highest BCUT2D eigenvalue weighted by molar-refractivity contribution is 6.15. The number of nitrogens with one attached hydrogen (secondary N) is 1. The van der Waals surface area contributed by atoms with E-state index in [-0.39, 0.29) is 11.5 Å². The highest BCUT2D eigenvalue weighted by atomic mass is 16.5. The Balaban J connectivity index is 2.00. The van der Waals surface area contributed by atoms with Crippen LogP contribution in [0.3, 0.4) is 0 Å². The number of ether oxygens (including phenoxy) is 3. The molecule has 0 spiro atoms. The lowest BCUT2D eigenvalue weighted by atomic mass is 10.00. The highest BCUT2D eigenvalue weighted by Crippen LogP contribution is 2.48. The van der Waals surface area contributed by atoms with Gasteiger partial charge in [0.25, 0.3) is 0 Å². The second-order valence-electron chi connectivity index (χ2n) is 7.78. The number of nitrogens with zero attached hydrogens (tertiary/aromatic N) is 2. The largest absolute Gasteiger partial charge is 0.493 e. The second-order valence-corrected chi connectivity index (χ2v) is 7.78. The van der Waals surface area contributed by atoms with E-state index in [4.69, 9.17) is 23.6 Å². The van der Waals surface area contributed by atoms with Crippen LogP contribution in [0.1, 0.15) is 19.9 Å². The molecule has 0 aliphatic rings. The number of pyridine rings is 1. The number of benzene rings is 2. The molecule has 5 aromatic rings.